The Kier molecular flexibility index (Phi) is 3.64. The zero-order chi connectivity index (χ0) is 14.1. The second-order valence-electron chi connectivity index (χ2n) is 5.18. The number of benzene rings is 1. The SMILES string of the molecule is CS(=O)(=O)c1ccc(C(=O)NCC2(CN)CC2)cc1. The van der Waals surface area contributed by atoms with E-state index >= 15 is 0 Å². The van der Waals surface area contributed by atoms with Crippen molar-refractivity contribution >= 4 is 15.7 Å². The van der Waals surface area contributed by atoms with Crippen molar-refractivity contribution in [3.8, 4) is 0 Å². The lowest BCUT2D eigenvalue weighted by molar-refractivity contribution is 0.0945. The van der Waals surface area contributed by atoms with E-state index in [0.29, 0.717) is 18.7 Å². The third kappa shape index (κ3) is 3.33. The number of nitrogens with one attached hydrogen (secondary N) is 1. The average molecular weight is 282 g/mol. The minimum atomic E-state index is -3.22. The number of hydrogen-bond acceptors (Lipinski definition) is 4. The third-order valence-electron chi connectivity index (χ3n) is 3.56. The van der Waals surface area contributed by atoms with Gasteiger partial charge in [0.15, 0.2) is 9.84 Å². The highest BCUT2D eigenvalue weighted by Crippen LogP contribution is 2.43. The molecular formula is C13H18N2O3S. The second kappa shape index (κ2) is 4.94. The van der Waals surface area contributed by atoms with Crippen LogP contribution < -0.4 is 11.1 Å². The highest BCUT2D eigenvalue weighted by atomic mass is 32.2. The summed E-state index contributed by atoms with van der Waals surface area (Å²) in [6.45, 7) is 1.16. The van der Waals surface area contributed by atoms with E-state index in [0.717, 1.165) is 19.1 Å². The molecule has 3 N–H and O–H groups in total. The largest absolute Gasteiger partial charge is 0.351 e. The van der Waals surface area contributed by atoms with Crippen molar-refractivity contribution in [3.05, 3.63) is 29.8 Å². The summed E-state index contributed by atoms with van der Waals surface area (Å²) in [6.07, 6.45) is 3.24. The molecule has 6 heteroatoms. The van der Waals surface area contributed by atoms with Crippen LogP contribution in [0.5, 0.6) is 0 Å². The molecule has 0 atom stereocenters. The van der Waals surface area contributed by atoms with Crippen molar-refractivity contribution in [1.82, 2.24) is 5.32 Å². The van der Waals surface area contributed by atoms with Crippen LogP contribution in [-0.2, 0) is 9.84 Å². The molecule has 5 nitrogen and oxygen atoms in total. The predicted octanol–water partition coefficient (Wildman–Crippen LogP) is 0.559. The first-order chi connectivity index (χ1) is 8.86. The summed E-state index contributed by atoms with van der Waals surface area (Å²) in [5, 5.41) is 2.84. The molecule has 1 aliphatic carbocycles. The molecule has 0 unspecified atom stereocenters. The summed E-state index contributed by atoms with van der Waals surface area (Å²) in [5.74, 6) is -0.195. The van der Waals surface area contributed by atoms with E-state index in [9.17, 15) is 13.2 Å². The molecule has 1 aliphatic rings. The van der Waals surface area contributed by atoms with Gasteiger partial charge in [-0.3, -0.25) is 4.79 Å². The van der Waals surface area contributed by atoms with Crippen LogP contribution in [0, 0.1) is 5.41 Å². The highest BCUT2D eigenvalue weighted by Gasteiger charge is 2.41. The topological polar surface area (TPSA) is 89.3 Å². The fraction of sp³-hybridized carbons (Fsp3) is 0.462. The normalized spacial score (nSPS) is 16.9. The summed E-state index contributed by atoms with van der Waals surface area (Å²) in [6, 6.07) is 5.93. The molecule has 0 aromatic heterocycles. The van der Waals surface area contributed by atoms with Gasteiger partial charge >= 0.3 is 0 Å². The maximum atomic E-state index is 11.9. The van der Waals surface area contributed by atoms with Gasteiger partial charge in [0.25, 0.3) is 5.91 Å². The van der Waals surface area contributed by atoms with Crippen LogP contribution in [0.15, 0.2) is 29.2 Å². The number of sulfone groups is 1. The van der Waals surface area contributed by atoms with Gasteiger partial charge in [-0.15, -0.1) is 0 Å². The highest BCUT2D eigenvalue weighted by molar-refractivity contribution is 7.90. The number of carbonyl (C=O) groups excluding carboxylic acids is 1. The summed E-state index contributed by atoms with van der Waals surface area (Å²) in [5.41, 5.74) is 6.19. The van der Waals surface area contributed by atoms with Gasteiger partial charge in [-0.1, -0.05) is 0 Å². The van der Waals surface area contributed by atoms with E-state index in [1.54, 1.807) is 0 Å². The van der Waals surface area contributed by atoms with Crippen LogP contribution in [-0.4, -0.2) is 33.7 Å². The summed E-state index contributed by atoms with van der Waals surface area (Å²) >= 11 is 0. The van der Waals surface area contributed by atoms with Crippen LogP contribution >= 0.6 is 0 Å². The molecule has 1 fully saturated rings. The number of carbonyl (C=O) groups is 1. The molecule has 104 valence electrons. The van der Waals surface area contributed by atoms with Gasteiger partial charge in [-0.25, -0.2) is 8.42 Å². The minimum Gasteiger partial charge on any atom is -0.351 e. The van der Waals surface area contributed by atoms with Crippen molar-refractivity contribution < 1.29 is 13.2 Å². The fourth-order valence-corrected chi connectivity index (χ4v) is 2.48. The Morgan fingerprint density at radius 3 is 2.32 bits per heavy atom. The maximum absolute atomic E-state index is 11.9. The third-order valence-corrected chi connectivity index (χ3v) is 4.69. The fourth-order valence-electron chi connectivity index (χ4n) is 1.85. The van der Waals surface area contributed by atoms with Crippen molar-refractivity contribution in [2.24, 2.45) is 11.1 Å². The molecule has 19 heavy (non-hydrogen) atoms. The van der Waals surface area contributed by atoms with Gasteiger partial charge in [0, 0.05) is 23.8 Å². The molecule has 1 saturated carbocycles. The Morgan fingerprint density at radius 1 is 1.32 bits per heavy atom. The van der Waals surface area contributed by atoms with Crippen molar-refractivity contribution in [2.75, 3.05) is 19.3 Å². The standard InChI is InChI=1S/C13H18N2O3S/c1-19(17,18)11-4-2-10(3-5-11)12(16)15-9-13(8-14)6-7-13/h2-5H,6-9,14H2,1H3,(H,15,16). The van der Waals surface area contributed by atoms with E-state index in [1.807, 2.05) is 0 Å². The van der Waals surface area contributed by atoms with Crippen LogP contribution in [0.2, 0.25) is 0 Å². The molecule has 0 spiro atoms. The van der Waals surface area contributed by atoms with Crippen molar-refractivity contribution in [2.45, 2.75) is 17.7 Å². The minimum absolute atomic E-state index is 0.0857. The Labute approximate surface area is 113 Å². The maximum Gasteiger partial charge on any atom is 0.251 e. The number of amides is 1. The van der Waals surface area contributed by atoms with E-state index in [-0.39, 0.29) is 16.2 Å². The molecule has 1 aromatic rings. The lowest BCUT2D eigenvalue weighted by Gasteiger charge is -2.13. The number of hydrogen-bond donors (Lipinski definition) is 2. The molecule has 1 aromatic carbocycles. The quantitative estimate of drug-likeness (QED) is 0.825. The molecular weight excluding hydrogens is 264 g/mol. The average Bonchev–Trinajstić information content (AvgIpc) is 3.16. The second-order valence-corrected chi connectivity index (χ2v) is 7.20. The summed E-state index contributed by atoms with van der Waals surface area (Å²) in [7, 11) is -3.22. The number of rotatable bonds is 5. The zero-order valence-corrected chi connectivity index (χ0v) is 11.7. The van der Waals surface area contributed by atoms with Crippen LogP contribution in [0.1, 0.15) is 23.2 Å². The van der Waals surface area contributed by atoms with Crippen molar-refractivity contribution in [3.63, 3.8) is 0 Å². The van der Waals surface area contributed by atoms with Gasteiger partial charge in [0.1, 0.15) is 0 Å². The first-order valence-corrected chi connectivity index (χ1v) is 8.04. The summed E-state index contributed by atoms with van der Waals surface area (Å²) < 4.78 is 22.6. The monoisotopic (exact) mass is 282 g/mol. The summed E-state index contributed by atoms with van der Waals surface area (Å²) in [4.78, 5) is 12.1. The predicted molar refractivity (Wildman–Crippen MR) is 72.6 cm³/mol. The molecule has 0 radical (unpaired) electrons. The van der Waals surface area contributed by atoms with Gasteiger partial charge in [-0.05, 0) is 43.7 Å². The first kappa shape index (κ1) is 14.0. The molecule has 0 aliphatic heterocycles. The molecule has 0 bridgehead atoms. The molecule has 0 heterocycles. The lowest BCUT2D eigenvalue weighted by atomic mass is 10.1. The van der Waals surface area contributed by atoms with Crippen LogP contribution in [0.25, 0.3) is 0 Å². The van der Waals surface area contributed by atoms with Crippen LogP contribution in [0.3, 0.4) is 0 Å². The van der Waals surface area contributed by atoms with E-state index in [4.69, 9.17) is 5.73 Å². The van der Waals surface area contributed by atoms with Gasteiger partial charge in [-0.2, -0.15) is 0 Å². The zero-order valence-electron chi connectivity index (χ0n) is 10.8. The first-order valence-electron chi connectivity index (χ1n) is 6.15. The molecule has 2 rings (SSSR count). The lowest BCUT2D eigenvalue weighted by Crippen LogP contribution is -2.33. The molecule has 1 amide bonds. The Bertz CT molecular complexity index is 574. The van der Waals surface area contributed by atoms with Gasteiger partial charge < -0.3 is 11.1 Å². The smallest absolute Gasteiger partial charge is 0.251 e. The Morgan fingerprint density at radius 2 is 1.89 bits per heavy atom. The van der Waals surface area contributed by atoms with Gasteiger partial charge in [0.05, 0.1) is 4.90 Å². The Hall–Kier alpha value is -1.40. The molecule has 0 saturated heterocycles. The van der Waals surface area contributed by atoms with E-state index < -0.39 is 9.84 Å². The van der Waals surface area contributed by atoms with Gasteiger partial charge in [0.2, 0.25) is 0 Å². The number of nitrogens with two attached hydrogens (primary N) is 1. The van der Waals surface area contributed by atoms with Crippen LogP contribution in [0.4, 0.5) is 0 Å². The van der Waals surface area contributed by atoms with Crippen molar-refractivity contribution in [1.29, 1.82) is 0 Å². The Balaban J connectivity index is 2.00. The van der Waals surface area contributed by atoms with E-state index in [2.05, 4.69) is 5.32 Å². The van der Waals surface area contributed by atoms with E-state index in [1.165, 1.54) is 24.3 Å².